The van der Waals surface area contributed by atoms with Crippen LogP contribution in [0, 0.1) is 0 Å². The van der Waals surface area contributed by atoms with E-state index in [2.05, 4.69) is 10.3 Å². The summed E-state index contributed by atoms with van der Waals surface area (Å²) in [6, 6.07) is 21.6. The number of nitrogens with two attached hydrogens (primary N) is 1. The molecule has 1 aromatic heterocycles. The number of alkyl carbamates (subject to hydrolysis) is 1. The fraction of sp³-hybridized carbons (Fsp3) is 0.179. The fourth-order valence-corrected chi connectivity index (χ4v) is 4.17. The molecule has 4 rings (SSSR count). The largest absolute Gasteiger partial charge is 0.480 e. The van der Waals surface area contributed by atoms with Gasteiger partial charge in [-0.2, -0.15) is 0 Å². The van der Waals surface area contributed by atoms with Crippen LogP contribution >= 0.6 is 0 Å². The van der Waals surface area contributed by atoms with Crippen LogP contribution in [0.3, 0.4) is 0 Å². The maximum Gasteiger partial charge on any atom is 0.408 e. The van der Waals surface area contributed by atoms with Gasteiger partial charge in [-0.3, -0.25) is 9.59 Å². The number of aromatic nitrogens is 1. The van der Waals surface area contributed by atoms with Crippen molar-refractivity contribution in [2.75, 3.05) is 5.73 Å². The molecule has 8 heteroatoms. The molecule has 0 aliphatic carbocycles. The number of hydrogen-bond acceptors (Lipinski definition) is 5. The Morgan fingerprint density at radius 3 is 2.36 bits per heavy atom. The third kappa shape index (κ3) is 5.07. The summed E-state index contributed by atoms with van der Waals surface area (Å²) in [6.07, 6.45) is 1.01. The van der Waals surface area contributed by atoms with Crippen molar-refractivity contribution in [3.8, 4) is 0 Å². The molecule has 0 spiro atoms. The number of nitrogens with one attached hydrogen (secondary N) is 2. The number of carboxylic acids is 1. The van der Waals surface area contributed by atoms with Crippen molar-refractivity contribution >= 4 is 34.4 Å². The van der Waals surface area contributed by atoms with Crippen LogP contribution in [-0.4, -0.2) is 34.0 Å². The van der Waals surface area contributed by atoms with Gasteiger partial charge in [0.05, 0.1) is 6.04 Å². The van der Waals surface area contributed by atoms with Crippen molar-refractivity contribution in [1.29, 1.82) is 0 Å². The zero-order chi connectivity index (χ0) is 25.7. The number of hydrogen-bond donors (Lipinski definition) is 4. The van der Waals surface area contributed by atoms with E-state index in [9.17, 15) is 19.5 Å². The first kappa shape index (κ1) is 24.5. The third-order valence-corrected chi connectivity index (χ3v) is 6.33. The number of ketones is 1. The lowest BCUT2D eigenvalue weighted by molar-refractivity contribution is -0.148. The van der Waals surface area contributed by atoms with Crippen molar-refractivity contribution in [3.63, 3.8) is 0 Å². The van der Waals surface area contributed by atoms with E-state index in [4.69, 9.17) is 10.5 Å². The molecule has 3 aromatic carbocycles. The van der Waals surface area contributed by atoms with Crippen molar-refractivity contribution in [2.24, 2.45) is 0 Å². The molecule has 0 radical (unpaired) electrons. The van der Waals surface area contributed by atoms with Crippen LogP contribution in [-0.2, 0) is 32.8 Å². The molecule has 4 aromatic rings. The van der Waals surface area contributed by atoms with Crippen molar-refractivity contribution in [3.05, 3.63) is 102 Å². The highest BCUT2D eigenvalue weighted by atomic mass is 16.5. The van der Waals surface area contributed by atoms with E-state index in [0.29, 0.717) is 5.69 Å². The van der Waals surface area contributed by atoms with Crippen molar-refractivity contribution in [1.82, 2.24) is 10.3 Å². The molecule has 1 unspecified atom stereocenters. The van der Waals surface area contributed by atoms with Crippen LogP contribution < -0.4 is 11.1 Å². The van der Waals surface area contributed by atoms with Gasteiger partial charge in [-0.25, -0.2) is 4.79 Å². The fourth-order valence-electron chi connectivity index (χ4n) is 4.17. The van der Waals surface area contributed by atoms with Gasteiger partial charge < -0.3 is 25.9 Å². The number of carbonyl (C=O) groups is 3. The molecule has 0 saturated heterocycles. The minimum Gasteiger partial charge on any atom is -0.480 e. The molecule has 5 N–H and O–H groups in total. The highest BCUT2D eigenvalue weighted by Gasteiger charge is 2.46. The monoisotopic (exact) mass is 485 g/mol. The standard InChI is InChI=1S/C28H27N3O5/c1-28(26(33)34,20-11-13-21(29)14-12-20)25(32)24(15-19-16-30-23-10-6-5-9-22(19)23)31-27(35)36-17-18-7-3-2-4-8-18/h2-14,16,24,30H,15,17,29H2,1H3,(H,31,35)(H,33,34)/t24-,28?/m0/s1. The highest BCUT2D eigenvalue weighted by molar-refractivity contribution is 6.11. The molecule has 8 nitrogen and oxygen atoms in total. The van der Waals surface area contributed by atoms with Gasteiger partial charge in [0, 0.05) is 29.2 Å². The van der Waals surface area contributed by atoms with Gasteiger partial charge in [-0.15, -0.1) is 0 Å². The second-order valence-corrected chi connectivity index (χ2v) is 8.74. The van der Waals surface area contributed by atoms with Crippen LogP contribution in [0.5, 0.6) is 0 Å². The van der Waals surface area contributed by atoms with E-state index in [1.165, 1.54) is 19.1 Å². The molecule has 1 heterocycles. The number of H-pyrrole nitrogens is 1. The van der Waals surface area contributed by atoms with E-state index in [-0.39, 0.29) is 18.6 Å². The van der Waals surface area contributed by atoms with E-state index in [1.54, 1.807) is 18.3 Å². The number of fused-ring (bicyclic) bond motifs is 1. The van der Waals surface area contributed by atoms with Crippen LogP contribution in [0.2, 0.25) is 0 Å². The molecule has 0 fully saturated rings. The van der Waals surface area contributed by atoms with E-state index < -0.39 is 29.3 Å². The predicted octanol–water partition coefficient (Wildman–Crippen LogP) is 4.20. The summed E-state index contributed by atoms with van der Waals surface area (Å²) < 4.78 is 5.34. The van der Waals surface area contributed by atoms with Gasteiger partial charge in [-0.05, 0) is 41.8 Å². The van der Waals surface area contributed by atoms with Crippen LogP contribution in [0.25, 0.3) is 10.9 Å². The SMILES string of the molecule is CC(C(=O)O)(C(=O)[C@H](Cc1c[nH]c2ccccc12)NC(=O)OCc1ccccc1)c1ccc(N)cc1. The van der Waals surface area contributed by atoms with Gasteiger partial charge in [0.25, 0.3) is 0 Å². The number of amides is 1. The summed E-state index contributed by atoms with van der Waals surface area (Å²) in [4.78, 5) is 42.2. The second-order valence-electron chi connectivity index (χ2n) is 8.74. The number of aliphatic carboxylic acids is 1. The zero-order valence-corrected chi connectivity index (χ0v) is 19.7. The number of carbonyl (C=O) groups excluding carboxylic acids is 2. The number of nitrogen functional groups attached to an aromatic ring is 1. The number of ether oxygens (including phenoxy) is 1. The average molecular weight is 486 g/mol. The molecular weight excluding hydrogens is 458 g/mol. The lowest BCUT2D eigenvalue weighted by Gasteiger charge is -2.29. The van der Waals surface area contributed by atoms with Gasteiger partial charge in [0.1, 0.15) is 6.61 Å². The molecule has 184 valence electrons. The van der Waals surface area contributed by atoms with Gasteiger partial charge >= 0.3 is 12.1 Å². The Morgan fingerprint density at radius 1 is 1.00 bits per heavy atom. The zero-order valence-electron chi connectivity index (χ0n) is 19.7. The number of carboxylic acid groups (broad SMARTS) is 1. The molecular formula is C28H27N3O5. The van der Waals surface area contributed by atoms with Crippen molar-refractivity contribution < 1.29 is 24.2 Å². The Labute approximate surface area is 208 Å². The third-order valence-electron chi connectivity index (χ3n) is 6.33. The van der Waals surface area contributed by atoms with Crippen molar-refractivity contribution in [2.45, 2.75) is 31.4 Å². The average Bonchev–Trinajstić information content (AvgIpc) is 3.30. The van der Waals surface area contributed by atoms with E-state index >= 15 is 0 Å². The Morgan fingerprint density at radius 2 is 1.67 bits per heavy atom. The quantitative estimate of drug-likeness (QED) is 0.207. The summed E-state index contributed by atoms with van der Waals surface area (Å²) in [5.74, 6) is -2.01. The lowest BCUT2D eigenvalue weighted by Crippen LogP contribution is -2.53. The molecule has 1 amide bonds. The number of para-hydroxylation sites is 1. The second kappa shape index (κ2) is 10.4. The Hall–Kier alpha value is -4.59. The maximum atomic E-state index is 13.9. The number of anilines is 1. The van der Waals surface area contributed by atoms with E-state index in [0.717, 1.165) is 22.0 Å². The maximum absolute atomic E-state index is 13.9. The summed E-state index contributed by atoms with van der Waals surface area (Å²) in [6.45, 7) is 1.34. The summed E-state index contributed by atoms with van der Waals surface area (Å²) in [5, 5.41) is 13.6. The normalized spacial score (nSPS) is 13.5. The van der Waals surface area contributed by atoms with E-state index in [1.807, 2.05) is 54.6 Å². The highest BCUT2D eigenvalue weighted by Crippen LogP contribution is 2.29. The first-order chi connectivity index (χ1) is 17.3. The van der Waals surface area contributed by atoms with Gasteiger partial charge in [-0.1, -0.05) is 60.7 Å². The Balaban J connectivity index is 1.65. The Bertz CT molecular complexity index is 1380. The predicted molar refractivity (Wildman–Crippen MR) is 136 cm³/mol. The summed E-state index contributed by atoms with van der Waals surface area (Å²) in [7, 11) is 0. The lowest BCUT2D eigenvalue weighted by atomic mass is 9.75. The molecule has 0 bridgehead atoms. The summed E-state index contributed by atoms with van der Waals surface area (Å²) >= 11 is 0. The minimum absolute atomic E-state index is 0.00876. The first-order valence-electron chi connectivity index (χ1n) is 11.4. The molecule has 0 aliphatic heterocycles. The molecule has 36 heavy (non-hydrogen) atoms. The van der Waals surface area contributed by atoms with Crippen LogP contribution in [0.4, 0.5) is 10.5 Å². The smallest absolute Gasteiger partial charge is 0.408 e. The van der Waals surface area contributed by atoms with Gasteiger partial charge in [0.15, 0.2) is 11.2 Å². The summed E-state index contributed by atoms with van der Waals surface area (Å²) in [5.41, 5.74) is 6.94. The number of Topliss-reactive ketones (excluding diaryl/α,β-unsaturated/α-hetero) is 1. The Kier molecular flexibility index (Phi) is 7.05. The molecule has 2 atom stereocenters. The number of benzene rings is 3. The minimum atomic E-state index is -1.93. The topological polar surface area (TPSA) is 135 Å². The number of rotatable bonds is 9. The van der Waals surface area contributed by atoms with Gasteiger partial charge in [0.2, 0.25) is 0 Å². The van der Waals surface area contributed by atoms with Crippen LogP contribution in [0.15, 0.2) is 85.1 Å². The molecule has 0 saturated carbocycles. The molecule has 0 aliphatic rings. The van der Waals surface area contributed by atoms with Crippen LogP contribution in [0.1, 0.15) is 23.6 Å². The first-order valence-corrected chi connectivity index (χ1v) is 11.4. The number of aromatic amines is 1.